The molecule has 142 valence electrons. The van der Waals surface area contributed by atoms with Crippen LogP contribution in [-0.2, 0) is 10.3 Å². The van der Waals surface area contributed by atoms with Crippen LogP contribution in [0.3, 0.4) is 0 Å². The van der Waals surface area contributed by atoms with E-state index in [-0.39, 0.29) is 17.5 Å². The maximum Gasteiger partial charge on any atom is 0.0839 e. The van der Waals surface area contributed by atoms with Gasteiger partial charge in [0.15, 0.2) is 0 Å². The molecule has 1 heterocycles. The Morgan fingerprint density at radius 2 is 1.93 bits per heavy atom. The van der Waals surface area contributed by atoms with Gasteiger partial charge in [-0.25, -0.2) is 0 Å². The van der Waals surface area contributed by atoms with Crippen molar-refractivity contribution in [2.45, 2.75) is 43.7 Å². The zero-order chi connectivity index (χ0) is 18.7. The first-order valence-corrected chi connectivity index (χ1v) is 10.8. The minimum absolute atomic E-state index is 0.160. The second-order valence-corrected chi connectivity index (χ2v) is 8.56. The molecule has 3 aliphatic rings. The van der Waals surface area contributed by atoms with Gasteiger partial charge >= 0.3 is 0 Å². The number of benzene rings is 1. The number of nitrogens with zero attached hydrogens (tertiary/aromatic N) is 1. The maximum atomic E-state index is 6.07. The van der Waals surface area contributed by atoms with E-state index in [0.717, 1.165) is 32.4 Å². The van der Waals surface area contributed by atoms with Crippen LogP contribution in [0.4, 0.5) is 0 Å². The van der Waals surface area contributed by atoms with Crippen LogP contribution >= 0.6 is 9.24 Å². The molecule has 1 aromatic carbocycles. The van der Waals surface area contributed by atoms with Crippen molar-refractivity contribution in [3.8, 4) is 0 Å². The van der Waals surface area contributed by atoms with Crippen LogP contribution in [0.25, 0.3) is 0 Å². The highest BCUT2D eigenvalue weighted by Crippen LogP contribution is 2.48. The first kappa shape index (κ1) is 18.9. The third-order valence-electron chi connectivity index (χ3n) is 5.95. The topological polar surface area (TPSA) is 12.5 Å². The van der Waals surface area contributed by atoms with Crippen molar-refractivity contribution in [1.82, 2.24) is 4.90 Å². The van der Waals surface area contributed by atoms with Gasteiger partial charge in [0, 0.05) is 19.0 Å². The Labute approximate surface area is 165 Å². The van der Waals surface area contributed by atoms with Gasteiger partial charge in [-0.3, -0.25) is 4.90 Å². The Balaban J connectivity index is 1.91. The summed E-state index contributed by atoms with van der Waals surface area (Å²) < 4.78 is 6.07. The van der Waals surface area contributed by atoms with Crippen LogP contribution in [0.15, 0.2) is 78.4 Å². The van der Waals surface area contributed by atoms with Gasteiger partial charge in [0.25, 0.3) is 0 Å². The van der Waals surface area contributed by atoms with Gasteiger partial charge in [-0.05, 0) is 37.3 Å². The van der Waals surface area contributed by atoms with E-state index in [2.05, 4.69) is 93.9 Å². The van der Waals surface area contributed by atoms with Gasteiger partial charge in [-0.2, -0.15) is 0 Å². The predicted molar refractivity (Wildman–Crippen MR) is 117 cm³/mol. The third kappa shape index (κ3) is 3.63. The summed E-state index contributed by atoms with van der Waals surface area (Å²) >= 11 is 0. The van der Waals surface area contributed by atoms with E-state index in [0.29, 0.717) is 5.92 Å². The van der Waals surface area contributed by atoms with Gasteiger partial charge in [-0.15, -0.1) is 9.24 Å². The summed E-state index contributed by atoms with van der Waals surface area (Å²) in [6.45, 7) is 4.06. The zero-order valence-electron chi connectivity index (χ0n) is 16.1. The highest BCUT2D eigenvalue weighted by atomic mass is 31.0. The van der Waals surface area contributed by atoms with Crippen molar-refractivity contribution in [2.75, 3.05) is 13.1 Å². The number of ether oxygens (including phenoxy) is 1. The molecule has 5 unspecified atom stereocenters. The highest BCUT2D eigenvalue weighted by molar-refractivity contribution is 7.17. The van der Waals surface area contributed by atoms with E-state index in [1.807, 2.05) is 0 Å². The largest absolute Gasteiger partial charge is 0.369 e. The fraction of sp³-hybridized carbons (Fsp3) is 0.417. The van der Waals surface area contributed by atoms with Gasteiger partial charge < -0.3 is 4.74 Å². The molecule has 4 rings (SSSR count). The Kier molecular flexibility index (Phi) is 5.78. The van der Waals surface area contributed by atoms with E-state index in [1.54, 1.807) is 0 Å². The molecule has 2 nitrogen and oxygen atoms in total. The molecule has 5 atom stereocenters. The van der Waals surface area contributed by atoms with Gasteiger partial charge in [0.05, 0.1) is 17.5 Å². The zero-order valence-corrected chi connectivity index (χ0v) is 17.3. The molecule has 0 saturated carbocycles. The summed E-state index contributed by atoms with van der Waals surface area (Å²) in [4.78, 5) is 2.68. The summed E-state index contributed by atoms with van der Waals surface area (Å²) in [5.41, 5.74) is 2.67. The second kappa shape index (κ2) is 8.27. The molecule has 0 amide bonds. The summed E-state index contributed by atoms with van der Waals surface area (Å²) in [6, 6.07) is 11.1. The fourth-order valence-corrected chi connectivity index (χ4v) is 5.47. The predicted octanol–water partition coefficient (Wildman–Crippen LogP) is 5.21. The number of allylic oxidation sites excluding steroid dienone is 5. The summed E-state index contributed by atoms with van der Waals surface area (Å²) in [5, 5.41) is 0. The van der Waals surface area contributed by atoms with E-state index < -0.39 is 0 Å². The van der Waals surface area contributed by atoms with Crippen LogP contribution in [0.2, 0.25) is 0 Å². The lowest BCUT2D eigenvalue weighted by molar-refractivity contribution is -0.0791. The Morgan fingerprint density at radius 1 is 1.07 bits per heavy atom. The molecule has 0 radical (unpaired) electrons. The van der Waals surface area contributed by atoms with Crippen LogP contribution in [-0.4, -0.2) is 29.9 Å². The third-order valence-corrected chi connectivity index (χ3v) is 6.32. The molecule has 2 aliphatic carbocycles. The molecule has 1 saturated heterocycles. The van der Waals surface area contributed by atoms with Gasteiger partial charge in [0.2, 0.25) is 0 Å². The minimum Gasteiger partial charge on any atom is -0.369 e. The van der Waals surface area contributed by atoms with E-state index in [4.69, 9.17) is 4.74 Å². The molecular formula is C24H30NOP. The number of morpholine rings is 1. The molecule has 0 bridgehead atoms. The molecule has 3 heteroatoms. The van der Waals surface area contributed by atoms with Gasteiger partial charge in [0.1, 0.15) is 0 Å². The normalized spacial score (nSPS) is 30.7. The fourth-order valence-electron chi connectivity index (χ4n) is 4.95. The van der Waals surface area contributed by atoms with E-state index in [9.17, 15) is 0 Å². The van der Waals surface area contributed by atoms with Crippen molar-refractivity contribution in [1.29, 1.82) is 0 Å². The van der Waals surface area contributed by atoms with Crippen molar-refractivity contribution < 1.29 is 4.74 Å². The second-order valence-electron chi connectivity index (χ2n) is 7.82. The monoisotopic (exact) mass is 379 g/mol. The lowest BCUT2D eigenvalue weighted by Crippen LogP contribution is -2.59. The molecule has 0 N–H and O–H groups in total. The molecule has 27 heavy (non-hydrogen) atoms. The van der Waals surface area contributed by atoms with Crippen molar-refractivity contribution in [3.63, 3.8) is 0 Å². The van der Waals surface area contributed by atoms with E-state index >= 15 is 0 Å². The quantitative estimate of drug-likeness (QED) is 0.666. The summed E-state index contributed by atoms with van der Waals surface area (Å²) in [6.07, 6.45) is 19.9. The lowest BCUT2D eigenvalue weighted by Gasteiger charge is -2.53. The highest BCUT2D eigenvalue weighted by Gasteiger charge is 2.48. The first-order valence-electron chi connectivity index (χ1n) is 10.1. The standard InChI is InChI=1S/C24H30NOP/c1-19-17-25(18-23(27)26-19)24(20-11-5-2-6-12-20,21-13-7-3-8-14-21)22-15-9-4-10-16-22/h2-3,5-9,11-13,15-16,19,21,23H,4,10,14,17-18,27H2,1H3. The van der Waals surface area contributed by atoms with E-state index in [1.165, 1.54) is 11.1 Å². The van der Waals surface area contributed by atoms with Crippen LogP contribution < -0.4 is 0 Å². The lowest BCUT2D eigenvalue weighted by atomic mass is 9.67. The first-order chi connectivity index (χ1) is 13.2. The minimum atomic E-state index is -0.160. The number of rotatable bonds is 4. The van der Waals surface area contributed by atoms with Crippen LogP contribution in [0.1, 0.15) is 31.7 Å². The van der Waals surface area contributed by atoms with Gasteiger partial charge in [-0.1, -0.05) is 72.9 Å². The number of hydrogen-bond acceptors (Lipinski definition) is 2. The van der Waals surface area contributed by atoms with Crippen LogP contribution in [0.5, 0.6) is 0 Å². The van der Waals surface area contributed by atoms with Crippen LogP contribution in [0, 0.1) is 5.92 Å². The molecular weight excluding hydrogens is 349 g/mol. The SMILES string of the molecule is CC1CN(C(C2=CCCC=C2)(c2ccccc2)C2C=CC=CC2)CC(P)O1. The Bertz CT molecular complexity index is 756. The van der Waals surface area contributed by atoms with Crippen molar-refractivity contribution >= 4 is 9.24 Å². The molecule has 0 spiro atoms. The van der Waals surface area contributed by atoms with Crippen molar-refractivity contribution in [2.24, 2.45) is 5.92 Å². The van der Waals surface area contributed by atoms with Crippen molar-refractivity contribution in [3.05, 3.63) is 84.0 Å². The summed E-state index contributed by atoms with van der Waals surface area (Å²) in [5.74, 6) is 0.564. The average molecular weight is 379 g/mol. The average Bonchev–Trinajstić information content (AvgIpc) is 2.70. The molecule has 0 aromatic heterocycles. The molecule has 1 aliphatic heterocycles. The summed E-state index contributed by atoms with van der Waals surface area (Å²) in [7, 11) is 2.89. The number of hydrogen-bond donors (Lipinski definition) is 0. The Hall–Kier alpha value is -1.47. The molecule has 1 aromatic rings. The smallest absolute Gasteiger partial charge is 0.0839 e. The molecule has 1 fully saturated rings. The Morgan fingerprint density at radius 3 is 2.59 bits per heavy atom. The maximum absolute atomic E-state index is 6.07.